The number of anilines is 1. The quantitative estimate of drug-likeness (QED) is 0.435. The van der Waals surface area contributed by atoms with Crippen LogP contribution in [0.2, 0.25) is 0 Å². The highest BCUT2D eigenvalue weighted by atomic mass is 32.2. The van der Waals surface area contributed by atoms with Gasteiger partial charge in [0.15, 0.2) is 0 Å². The van der Waals surface area contributed by atoms with Crippen molar-refractivity contribution in [3.05, 3.63) is 89.5 Å². The molecule has 0 bridgehead atoms. The van der Waals surface area contributed by atoms with Gasteiger partial charge >= 0.3 is 0 Å². The summed E-state index contributed by atoms with van der Waals surface area (Å²) in [4.78, 5) is 13.2. The van der Waals surface area contributed by atoms with Gasteiger partial charge in [-0.2, -0.15) is 0 Å². The molecule has 0 aromatic heterocycles. The zero-order valence-electron chi connectivity index (χ0n) is 20.1. The van der Waals surface area contributed by atoms with E-state index >= 15 is 0 Å². The maximum atomic E-state index is 13.6. The van der Waals surface area contributed by atoms with Gasteiger partial charge in [-0.3, -0.25) is 9.10 Å². The predicted molar refractivity (Wildman–Crippen MR) is 136 cm³/mol. The first-order valence-electron chi connectivity index (χ1n) is 11.4. The Bertz CT molecular complexity index is 1190. The monoisotopic (exact) mass is 480 g/mol. The molecule has 0 aliphatic carbocycles. The topological polar surface area (TPSA) is 75.7 Å². The summed E-state index contributed by atoms with van der Waals surface area (Å²) in [5.41, 5.74) is 3.55. The Morgan fingerprint density at radius 2 is 1.44 bits per heavy atom. The van der Waals surface area contributed by atoms with Crippen LogP contribution in [-0.2, 0) is 14.8 Å². The molecule has 34 heavy (non-hydrogen) atoms. The summed E-state index contributed by atoms with van der Waals surface area (Å²) < 4.78 is 33.8. The van der Waals surface area contributed by atoms with E-state index in [4.69, 9.17) is 4.74 Å². The van der Waals surface area contributed by atoms with Gasteiger partial charge in [0.2, 0.25) is 5.91 Å². The number of aryl methyl sites for hydroxylation is 2. The molecule has 1 atom stereocenters. The van der Waals surface area contributed by atoms with Crippen LogP contribution in [0.4, 0.5) is 5.69 Å². The molecule has 0 radical (unpaired) electrons. The first-order valence-corrected chi connectivity index (χ1v) is 12.9. The molecule has 3 aromatic rings. The lowest BCUT2D eigenvalue weighted by atomic mass is 10.0. The van der Waals surface area contributed by atoms with Gasteiger partial charge in [0.25, 0.3) is 10.0 Å². The molecule has 0 aliphatic rings. The van der Waals surface area contributed by atoms with E-state index < -0.39 is 10.0 Å². The summed E-state index contributed by atoms with van der Waals surface area (Å²) in [6.45, 7) is 7.94. The lowest BCUT2D eigenvalue weighted by molar-refractivity contribution is -0.120. The second-order valence-electron chi connectivity index (χ2n) is 8.19. The maximum absolute atomic E-state index is 13.6. The van der Waals surface area contributed by atoms with Crippen LogP contribution in [0.1, 0.15) is 43.0 Å². The molecule has 3 aromatic carbocycles. The lowest BCUT2D eigenvalue weighted by Crippen LogP contribution is -2.42. The van der Waals surface area contributed by atoms with Crippen LogP contribution >= 0.6 is 0 Å². The zero-order chi connectivity index (χ0) is 24.7. The van der Waals surface area contributed by atoms with Crippen molar-refractivity contribution in [3.63, 3.8) is 0 Å². The number of benzene rings is 3. The molecule has 0 aliphatic heterocycles. The normalized spacial score (nSPS) is 12.1. The molecule has 180 valence electrons. The maximum Gasteiger partial charge on any atom is 0.264 e. The van der Waals surface area contributed by atoms with Gasteiger partial charge in [0, 0.05) is 0 Å². The summed E-state index contributed by atoms with van der Waals surface area (Å²) in [5, 5.41) is 3.00. The number of hydrogen-bond donors (Lipinski definition) is 1. The van der Waals surface area contributed by atoms with Gasteiger partial charge in [-0.25, -0.2) is 8.42 Å². The fraction of sp³-hybridized carbons (Fsp3) is 0.296. The summed E-state index contributed by atoms with van der Waals surface area (Å²) >= 11 is 0. The number of nitrogens with one attached hydrogen (secondary N) is 1. The van der Waals surface area contributed by atoms with Gasteiger partial charge in [0.1, 0.15) is 12.3 Å². The Morgan fingerprint density at radius 3 is 1.97 bits per heavy atom. The van der Waals surface area contributed by atoms with Gasteiger partial charge < -0.3 is 10.1 Å². The molecule has 0 saturated heterocycles. The Labute approximate surface area is 202 Å². The Morgan fingerprint density at radius 1 is 0.882 bits per heavy atom. The number of rotatable bonds is 10. The smallest absolute Gasteiger partial charge is 0.264 e. The van der Waals surface area contributed by atoms with E-state index in [0.717, 1.165) is 21.0 Å². The van der Waals surface area contributed by atoms with Crippen LogP contribution in [0.3, 0.4) is 0 Å². The molecule has 1 amide bonds. The molecule has 0 saturated carbocycles. The molecule has 3 rings (SSSR count). The first-order chi connectivity index (χ1) is 16.2. The summed E-state index contributed by atoms with van der Waals surface area (Å²) in [7, 11) is -3.99. The molecular weight excluding hydrogens is 448 g/mol. The minimum absolute atomic E-state index is 0.0925. The van der Waals surface area contributed by atoms with E-state index in [1.54, 1.807) is 24.3 Å². The standard InChI is InChI=1S/C27H32N2O4S/c1-5-26(22-11-7-20(3)8-12-22)28-27(30)19-29(23-13-9-21(4)10-14-23)34(31,32)25-17-15-24(16-18-25)33-6-2/h7-18,26H,5-6,19H2,1-4H3,(H,28,30)/t26-/m0/s1. The molecule has 0 unspecified atom stereocenters. The predicted octanol–water partition coefficient (Wildman–Crippen LogP) is 5.16. The fourth-order valence-electron chi connectivity index (χ4n) is 3.62. The Balaban J connectivity index is 1.89. The van der Waals surface area contributed by atoms with Crippen molar-refractivity contribution in [3.8, 4) is 5.75 Å². The minimum atomic E-state index is -3.99. The van der Waals surface area contributed by atoms with Gasteiger partial charge in [-0.1, -0.05) is 54.4 Å². The van der Waals surface area contributed by atoms with Crippen LogP contribution in [0.25, 0.3) is 0 Å². The van der Waals surface area contributed by atoms with Crippen molar-refractivity contribution in [2.24, 2.45) is 0 Å². The van der Waals surface area contributed by atoms with Crippen molar-refractivity contribution in [1.82, 2.24) is 5.32 Å². The number of sulfonamides is 1. The van der Waals surface area contributed by atoms with Crippen molar-refractivity contribution < 1.29 is 17.9 Å². The van der Waals surface area contributed by atoms with Crippen molar-refractivity contribution in [2.45, 2.75) is 45.1 Å². The average Bonchev–Trinajstić information content (AvgIpc) is 2.83. The fourth-order valence-corrected chi connectivity index (χ4v) is 5.04. The second-order valence-corrected chi connectivity index (χ2v) is 10.1. The van der Waals surface area contributed by atoms with Crippen LogP contribution < -0.4 is 14.4 Å². The molecular formula is C27H32N2O4S. The van der Waals surface area contributed by atoms with E-state index in [9.17, 15) is 13.2 Å². The minimum Gasteiger partial charge on any atom is -0.494 e. The summed E-state index contributed by atoms with van der Waals surface area (Å²) in [6.07, 6.45) is 0.685. The second kappa shape index (κ2) is 11.2. The lowest BCUT2D eigenvalue weighted by Gasteiger charge is -2.26. The third-order valence-corrected chi connectivity index (χ3v) is 7.34. The number of nitrogens with zero attached hydrogens (tertiary/aromatic N) is 1. The van der Waals surface area contributed by atoms with Crippen molar-refractivity contribution in [1.29, 1.82) is 0 Å². The van der Waals surface area contributed by atoms with E-state index in [1.807, 2.05) is 64.1 Å². The highest BCUT2D eigenvalue weighted by Gasteiger charge is 2.28. The van der Waals surface area contributed by atoms with Gasteiger partial charge in [-0.05, 0) is 69.2 Å². The van der Waals surface area contributed by atoms with Crippen LogP contribution in [0.15, 0.2) is 77.7 Å². The molecule has 1 N–H and O–H groups in total. The van der Waals surface area contributed by atoms with E-state index in [1.165, 1.54) is 12.1 Å². The van der Waals surface area contributed by atoms with Crippen LogP contribution in [0.5, 0.6) is 5.75 Å². The highest BCUT2D eigenvalue weighted by Crippen LogP contribution is 2.26. The number of ether oxygens (including phenoxy) is 1. The number of carbonyl (C=O) groups excluding carboxylic acids is 1. The zero-order valence-corrected chi connectivity index (χ0v) is 20.9. The van der Waals surface area contributed by atoms with Crippen molar-refractivity contribution >= 4 is 21.6 Å². The Hall–Kier alpha value is -3.32. The molecule has 0 fully saturated rings. The SMILES string of the molecule is CCOc1ccc(S(=O)(=O)N(CC(=O)N[C@@H](CC)c2ccc(C)cc2)c2ccc(C)cc2)cc1. The van der Waals surface area contributed by atoms with E-state index in [0.29, 0.717) is 24.5 Å². The average molecular weight is 481 g/mol. The van der Waals surface area contributed by atoms with Crippen LogP contribution in [0, 0.1) is 13.8 Å². The molecule has 0 heterocycles. The first kappa shape index (κ1) is 25.3. The number of carbonyl (C=O) groups is 1. The molecule has 7 heteroatoms. The number of hydrogen-bond acceptors (Lipinski definition) is 4. The third kappa shape index (κ3) is 6.17. The largest absolute Gasteiger partial charge is 0.494 e. The third-order valence-electron chi connectivity index (χ3n) is 5.56. The Kier molecular flexibility index (Phi) is 8.34. The summed E-state index contributed by atoms with van der Waals surface area (Å²) in [5.74, 6) is 0.215. The number of amides is 1. The van der Waals surface area contributed by atoms with Gasteiger partial charge in [-0.15, -0.1) is 0 Å². The van der Waals surface area contributed by atoms with E-state index in [-0.39, 0.29) is 23.4 Å². The van der Waals surface area contributed by atoms with E-state index in [2.05, 4.69) is 5.32 Å². The van der Waals surface area contributed by atoms with Gasteiger partial charge in [0.05, 0.1) is 23.2 Å². The molecule has 6 nitrogen and oxygen atoms in total. The van der Waals surface area contributed by atoms with Crippen molar-refractivity contribution in [2.75, 3.05) is 17.5 Å². The summed E-state index contributed by atoms with van der Waals surface area (Å²) in [6, 6.07) is 21.1. The highest BCUT2D eigenvalue weighted by molar-refractivity contribution is 7.92. The molecule has 0 spiro atoms. The van der Waals surface area contributed by atoms with Crippen LogP contribution in [-0.4, -0.2) is 27.5 Å².